The molecule has 3 nitrogen and oxygen atoms in total. The average molecular weight is 238 g/mol. The zero-order chi connectivity index (χ0) is 11.4. The number of benzene rings is 1. The first-order valence-corrected chi connectivity index (χ1v) is 5.57. The van der Waals surface area contributed by atoms with Crippen molar-refractivity contribution in [3.63, 3.8) is 0 Å². The second-order valence-electron chi connectivity index (χ2n) is 3.86. The van der Waals surface area contributed by atoms with Crippen molar-refractivity contribution in [1.82, 2.24) is 0 Å². The first-order valence-electron chi connectivity index (χ1n) is 5.20. The molecule has 84 valence electrons. The summed E-state index contributed by atoms with van der Waals surface area (Å²) >= 11 is 5.95. The molecule has 16 heavy (non-hydrogen) atoms. The van der Waals surface area contributed by atoms with Crippen molar-refractivity contribution in [2.45, 2.75) is 18.4 Å². The molecule has 0 unspecified atom stereocenters. The highest BCUT2D eigenvalue weighted by Gasteiger charge is 2.34. The van der Waals surface area contributed by atoms with Gasteiger partial charge in [-0.1, -0.05) is 23.7 Å². The quantitative estimate of drug-likeness (QED) is 0.586. The van der Waals surface area contributed by atoms with Crippen LogP contribution in [0.1, 0.15) is 18.4 Å². The van der Waals surface area contributed by atoms with E-state index in [1.54, 1.807) is 6.08 Å². The Hall–Kier alpha value is -1.15. The summed E-state index contributed by atoms with van der Waals surface area (Å²) in [7, 11) is 0. The van der Waals surface area contributed by atoms with Crippen molar-refractivity contribution in [2.75, 3.05) is 13.2 Å². The Labute approximate surface area is 99.1 Å². The lowest BCUT2D eigenvalue weighted by molar-refractivity contribution is 0.0531. The van der Waals surface area contributed by atoms with Gasteiger partial charge in [-0.15, -0.1) is 0 Å². The lowest BCUT2D eigenvalue weighted by atomic mass is 9.83. The summed E-state index contributed by atoms with van der Waals surface area (Å²) in [5.74, 6) is 0. The molecule has 1 fully saturated rings. The standard InChI is InChI=1S/C12H12ClNO2/c13-11-3-1-2-10(8-11)12(14-9-15)4-6-16-7-5-12/h1-3,8H,4-7H2. The summed E-state index contributed by atoms with van der Waals surface area (Å²) in [6.07, 6.45) is 3.07. The fourth-order valence-corrected chi connectivity index (χ4v) is 2.23. The zero-order valence-corrected chi connectivity index (χ0v) is 9.54. The smallest absolute Gasteiger partial charge is 0.235 e. The van der Waals surface area contributed by atoms with Gasteiger partial charge in [0, 0.05) is 31.1 Å². The van der Waals surface area contributed by atoms with Gasteiger partial charge in [0.2, 0.25) is 6.08 Å². The molecule has 2 rings (SSSR count). The third kappa shape index (κ3) is 2.17. The zero-order valence-electron chi connectivity index (χ0n) is 8.78. The molecule has 1 heterocycles. The van der Waals surface area contributed by atoms with E-state index in [1.165, 1.54) is 0 Å². The van der Waals surface area contributed by atoms with Crippen molar-refractivity contribution in [2.24, 2.45) is 4.99 Å². The number of aliphatic imine (C=N–C) groups is 1. The van der Waals surface area contributed by atoms with Crippen LogP contribution >= 0.6 is 11.6 Å². The van der Waals surface area contributed by atoms with Crippen LogP contribution in [0.15, 0.2) is 29.3 Å². The highest BCUT2D eigenvalue weighted by atomic mass is 35.5. The average Bonchev–Trinajstić information content (AvgIpc) is 2.31. The normalized spacial score (nSPS) is 18.8. The predicted molar refractivity (Wildman–Crippen MR) is 61.3 cm³/mol. The Morgan fingerprint density at radius 3 is 2.75 bits per heavy atom. The first kappa shape index (κ1) is 11.3. The van der Waals surface area contributed by atoms with Gasteiger partial charge in [0.1, 0.15) is 5.54 Å². The van der Waals surface area contributed by atoms with Gasteiger partial charge in [-0.3, -0.25) is 0 Å². The van der Waals surface area contributed by atoms with Crippen LogP contribution in [-0.2, 0) is 15.1 Å². The molecule has 0 amide bonds. The maximum Gasteiger partial charge on any atom is 0.235 e. The van der Waals surface area contributed by atoms with Crippen LogP contribution < -0.4 is 0 Å². The SMILES string of the molecule is O=C=NC1(c2cccc(Cl)c2)CCOCC1. The number of rotatable bonds is 2. The lowest BCUT2D eigenvalue weighted by Crippen LogP contribution is -2.31. The van der Waals surface area contributed by atoms with E-state index in [0.29, 0.717) is 31.1 Å². The van der Waals surface area contributed by atoms with Crippen molar-refractivity contribution < 1.29 is 9.53 Å². The minimum Gasteiger partial charge on any atom is -0.381 e. The number of ether oxygens (including phenoxy) is 1. The predicted octanol–water partition coefficient (Wildman–Crippen LogP) is 2.68. The molecular formula is C12H12ClNO2. The van der Waals surface area contributed by atoms with Crippen molar-refractivity contribution >= 4 is 17.7 Å². The van der Waals surface area contributed by atoms with Crippen LogP contribution in [0, 0.1) is 0 Å². The van der Waals surface area contributed by atoms with Gasteiger partial charge in [0.25, 0.3) is 0 Å². The molecule has 0 saturated carbocycles. The van der Waals surface area contributed by atoms with E-state index < -0.39 is 5.54 Å². The summed E-state index contributed by atoms with van der Waals surface area (Å²) in [5.41, 5.74) is 0.469. The number of hydrogen-bond acceptors (Lipinski definition) is 3. The van der Waals surface area contributed by atoms with E-state index in [0.717, 1.165) is 5.56 Å². The molecule has 0 aromatic heterocycles. The molecule has 1 aliphatic heterocycles. The van der Waals surface area contributed by atoms with Crippen LogP contribution in [0.5, 0.6) is 0 Å². The van der Waals surface area contributed by atoms with Gasteiger partial charge in [0.05, 0.1) is 0 Å². The second-order valence-corrected chi connectivity index (χ2v) is 4.29. The van der Waals surface area contributed by atoms with Crippen LogP contribution in [0.3, 0.4) is 0 Å². The minimum absolute atomic E-state index is 0.495. The molecule has 1 aliphatic rings. The van der Waals surface area contributed by atoms with E-state index in [4.69, 9.17) is 16.3 Å². The van der Waals surface area contributed by atoms with Gasteiger partial charge in [-0.25, -0.2) is 4.79 Å². The fourth-order valence-electron chi connectivity index (χ4n) is 2.04. The van der Waals surface area contributed by atoms with Gasteiger partial charge in [-0.05, 0) is 17.7 Å². The van der Waals surface area contributed by atoms with E-state index in [1.807, 2.05) is 24.3 Å². The molecule has 4 heteroatoms. The minimum atomic E-state index is -0.495. The number of hydrogen-bond donors (Lipinski definition) is 0. The summed E-state index contributed by atoms with van der Waals surface area (Å²) in [5, 5.41) is 0.657. The third-order valence-electron chi connectivity index (χ3n) is 2.94. The molecule has 0 N–H and O–H groups in total. The highest BCUT2D eigenvalue weighted by molar-refractivity contribution is 6.30. The highest BCUT2D eigenvalue weighted by Crippen LogP contribution is 2.36. The van der Waals surface area contributed by atoms with Crippen LogP contribution in [-0.4, -0.2) is 19.3 Å². The first-order chi connectivity index (χ1) is 7.77. The molecule has 1 aromatic rings. The molecular weight excluding hydrogens is 226 g/mol. The summed E-state index contributed by atoms with van der Waals surface area (Å²) in [4.78, 5) is 14.6. The van der Waals surface area contributed by atoms with Gasteiger partial charge >= 0.3 is 0 Å². The molecule has 1 saturated heterocycles. The summed E-state index contributed by atoms with van der Waals surface area (Å²) in [6, 6.07) is 7.48. The van der Waals surface area contributed by atoms with Crippen LogP contribution in [0.25, 0.3) is 0 Å². The molecule has 0 aliphatic carbocycles. The monoisotopic (exact) mass is 237 g/mol. The number of nitrogens with zero attached hydrogens (tertiary/aromatic N) is 1. The van der Waals surface area contributed by atoms with E-state index in [2.05, 4.69) is 4.99 Å². The number of halogens is 1. The Bertz CT molecular complexity index is 421. The van der Waals surface area contributed by atoms with Gasteiger partial charge in [0.15, 0.2) is 0 Å². The molecule has 0 radical (unpaired) electrons. The van der Waals surface area contributed by atoms with E-state index in [9.17, 15) is 4.79 Å². The topological polar surface area (TPSA) is 38.7 Å². The number of isocyanates is 1. The molecule has 1 aromatic carbocycles. The van der Waals surface area contributed by atoms with Crippen molar-refractivity contribution in [3.05, 3.63) is 34.9 Å². The lowest BCUT2D eigenvalue weighted by Gasteiger charge is -2.32. The van der Waals surface area contributed by atoms with Crippen molar-refractivity contribution in [1.29, 1.82) is 0 Å². The fraction of sp³-hybridized carbons (Fsp3) is 0.417. The Morgan fingerprint density at radius 1 is 1.38 bits per heavy atom. The number of carbonyl (C=O) groups excluding carboxylic acids is 1. The van der Waals surface area contributed by atoms with Gasteiger partial charge < -0.3 is 4.74 Å². The van der Waals surface area contributed by atoms with Crippen LogP contribution in [0.4, 0.5) is 0 Å². The largest absolute Gasteiger partial charge is 0.381 e. The third-order valence-corrected chi connectivity index (χ3v) is 3.18. The van der Waals surface area contributed by atoms with Crippen LogP contribution in [0.2, 0.25) is 5.02 Å². The van der Waals surface area contributed by atoms with E-state index >= 15 is 0 Å². The summed E-state index contributed by atoms with van der Waals surface area (Å²) in [6.45, 7) is 1.22. The van der Waals surface area contributed by atoms with Gasteiger partial charge in [-0.2, -0.15) is 4.99 Å². The second kappa shape index (κ2) is 4.79. The Morgan fingerprint density at radius 2 is 2.12 bits per heavy atom. The molecule has 0 bridgehead atoms. The molecule has 0 atom stereocenters. The maximum absolute atomic E-state index is 10.6. The maximum atomic E-state index is 10.6. The molecule has 0 spiro atoms. The summed E-state index contributed by atoms with van der Waals surface area (Å²) < 4.78 is 5.30. The Kier molecular flexibility index (Phi) is 3.39. The van der Waals surface area contributed by atoms with Crippen molar-refractivity contribution in [3.8, 4) is 0 Å². The Balaban J connectivity index is 2.42. The van der Waals surface area contributed by atoms with E-state index in [-0.39, 0.29) is 0 Å².